The molecule has 0 radical (unpaired) electrons. The number of ketones is 1. The molecule has 0 spiro atoms. The highest BCUT2D eigenvalue weighted by molar-refractivity contribution is 7.18. The number of esters is 1. The van der Waals surface area contributed by atoms with E-state index in [0.717, 1.165) is 11.3 Å². The number of rotatable bonds is 8. The van der Waals surface area contributed by atoms with Crippen molar-refractivity contribution in [3.63, 3.8) is 0 Å². The predicted octanol–water partition coefficient (Wildman–Crippen LogP) is 3.92. The summed E-state index contributed by atoms with van der Waals surface area (Å²) in [7, 11) is 0. The zero-order chi connectivity index (χ0) is 21.7. The smallest absolute Gasteiger partial charge is 0.341 e. The number of aromatic nitrogens is 2. The fraction of sp³-hybridized carbons (Fsp3) is 0.238. The number of nitrogens with one attached hydrogen (secondary N) is 1. The van der Waals surface area contributed by atoms with Gasteiger partial charge in [0.2, 0.25) is 0 Å². The molecule has 0 aliphatic heterocycles. The number of hydrogen-bond donors (Lipinski definition) is 1. The molecule has 2 heterocycles. The number of thiophene rings is 1. The quantitative estimate of drug-likeness (QED) is 0.432. The number of nitrogens with zero attached hydrogens (tertiary/aromatic N) is 2. The fourth-order valence-corrected chi connectivity index (χ4v) is 3.85. The van der Waals surface area contributed by atoms with Crippen molar-refractivity contribution in [1.82, 2.24) is 9.78 Å². The van der Waals surface area contributed by atoms with Gasteiger partial charge >= 0.3 is 5.97 Å². The molecule has 3 aromatic rings. The van der Waals surface area contributed by atoms with Gasteiger partial charge in [0.15, 0.2) is 18.2 Å². The molecule has 1 aromatic carbocycles. The van der Waals surface area contributed by atoms with Crippen LogP contribution in [0.2, 0.25) is 0 Å². The van der Waals surface area contributed by atoms with Crippen LogP contribution in [0.1, 0.15) is 49.9 Å². The summed E-state index contributed by atoms with van der Waals surface area (Å²) in [6.45, 7) is 5.08. The van der Waals surface area contributed by atoms with Gasteiger partial charge in [-0.3, -0.25) is 9.59 Å². The van der Waals surface area contributed by atoms with Crippen molar-refractivity contribution in [3.05, 3.63) is 64.3 Å². The number of carbonyl (C=O) groups excluding carboxylic acids is 3. The number of carbonyl (C=O) groups is 3. The number of benzene rings is 1. The van der Waals surface area contributed by atoms with Crippen molar-refractivity contribution in [2.75, 3.05) is 11.9 Å². The Balaban J connectivity index is 1.76. The maximum atomic E-state index is 12.7. The number of hydrogen-bond acceptors (Lipinski definition) is 7. The summed E-state index contributed by atoms with van der Waals surface area (Å²) in [6, 6.07) is 10.8. The first-order valence-electron chi connectivity index (χ1n) is 9.24. The zero-order valence-corrected chi connectivity index (χ0v) is 17.6. The molecule has 0 aliphatic carbocycles. The SMILES string of the molecule is CCOC(=O)c1c(NC(=O)c2ccn(COc3ccccc3)n2)sc(C(C)=O)c1C. The average Bonchev–Trinajstić information content (AvgIpc) is 3.32. The molecule has 0 unspecified atom stereocenters. The van der Waals surface area contributed by atoms with E-state index in [9.17, 15) is 14.4 Å². The molecule has 2 aromatic heterocycles. The van der Waals surface area contributed by atoms with Crippen LogP contribution < -0.4 is 10.1 Å². The molecule has 9 heteroatoms. The molecule has 0 aliphatic rings. The third kappa shape index (κ3) is 4.74. The Morgan fingerprint density at radius 2 is 1.90 bits per heavy atom. The van der Waals surface area contributed by atoms with E-state index in [1.807, 2.05) is 30.3 Å². The first-order valence-corrected chi connectivity index (χ1v) is 10.1. The Hall–Kier alpha value is -3.46. The molecular formula is C21H21N3O5S. The average molecular weight is 427 g/mol. The molecular weight excluding hydrogens is 406 g/mol. The van der Waals surface area contributed by atoms with Crippen molar-refractivity contribution in [1.29, 1.82) is 0 Å². The molecule has 0 saturated carbocycles. The molecule has 8 nitrogen and oxygen atoms in total. The van der Waals surface area contributed by atoms with Crippen LogP contribution in [-0.2, 0) is 11.5 Å². The zero-order valence-electron chi connectivity index (χ0n) is 16.8. The van der Waals surface area contributed by atoms with E-state index in [1.165, 1.54) is 11.6 Å². The van der Waals surface area contributed by atoms with E-state index in [1.54, 1.807) is 26.1 Å². The summed E-state index contributed by atoms with van der Waals surface area (Å²) in [5, 5.41) is 7.14. The Bertz CT molecular complexity index is 1070. The summed E-state index contributed by atoms with van der Waals surface area (Å²) < 4.78 is 12.2. The van der Waals surface area contributed by atoms with Crippen LogP contribution >= 0.6 is 11.3 Å². The van der Waals surface area contributed by atoms with Crippen molar-refractivity contribution in [3.8, 4) is 5.75 Å². The Morgan fingerprint density at radius 1 is 1.17 bits per heavy atom. The number of para-hydroxylation sites is 1. The standard InChI is InChI=1S/C21H21N3O5S/c1-4-28-21(27)17-13(2)18(14(3)25)30-20(17)22-19(26)16-10-11-24(23-16)12-29-15-8-6-5-7-9-15/h5-11H,4,12H2,1-3H3,(H,22,26). The van der Waals surface area contributed by atoms with Gasteiger partial charge in [-0.15, -0.1) is 11.3 Å². The van der Waals surface area contributed by atoms with Crippen LogP contribution in [0.15, 0.2) is 42.6 Å². The van der Waals surface area contributed by atoms with Gasteiger partial charge in [-0.2, -0.15) is 5.10 Å². The minimum Gasteiger partial charge on any atom is -0.471 e. The fourth-order valence-electron chi connectivity index (χ4n) is 2.77. The second-order valence-corrected chi connectivity index (χ2v) is 7.34. The van der Waals surface area contributed by atoms with Gasteiger partial charge in [0.05, 0.1) is 17.0 Å². The molecule has 1 amide bonds. The van der Waals surface area contributed by atoms with Gasteiger partial charge in [-0.25, -0.2) is 9.48 Å². The van der Waals surface area contributed by atoms with E-state index in [0.29, 0.717) is 16.2 Å². The minimum absolute atomic E-state index is 0.137. The van der Waals surface area contributed by atoms with E-state index >= 15 is 0 Å². The normalized spacial score (nSPS) is 10.5. The lowest BCUT2D eigenvalue weighted by atomic mass is 10.1. The van der Waals surface area contributed by atoms with Crippen molar-refractivity contribution in [2.45, 2.75) is 27.5 Å². The summed E-state index contributed by atoms with van der Waals surface area (Å²) in [6.07, 6.45) is 1.62. The number of anilines is 1. The lowest BCUT2D eigenvalue weighted by molar-refractivity contribution is 0.0527. The lowest BCUT2D eigenvalue weighted by Gasteiger charge is -2.06. The Morgan fingerprint density at radius 3 is 2.57 bits per heavy atom. The minimum atomic E-state index is -0.587. The third-order valence-corrected chi connectivity index (χ3v) is 5.46. The highest BCUT2D eigenvalue weighted by atomic mass is 32.1. The van der Waals surface area contributed by atoms with Gasteiger partial charge in [-0.1, -0.05) is 18.2 Å². The Kier molecular flexibility index (Phi) is 6.63. The summed E-state index contributed by atoms with van der Waals surface area (Å²) in [5.74, 6) is -0.596. The number of amides is 1. The first-order chi connectivity index (χ1) is 14.4. The van der Waals surface area contributed by atoms with Gasteiger partial charge in [-0.05, 0) is 44.5 Å². The molecule has 0 fully saturated rings. The summed E-state index contributed by atoms with van der Waals surface area (Å²) >= 11 is 1.04. The molecule has 1 N–H and O–H groups in total. The third-order valence-electron chi connectivity index (χ3n) is 4.15. The van der Waals surface area contributed by atoms with E-state index in [2.05, 4.69) is 10.4 Å². The second-order valence-electron chi connectivity index (χ2n) is 6.32. The maximum Gasteiger partial charge on any atom is 0.341 e. The topological polar surface area (TPSA) is 99.5 Å². The van der Waals surface area contributed by atoms with E-state index < -0.39 is 11.9 Å². The van der Waals surface area contributed by atoms with Crippen LogP contribution in [0.3, 0.4) is 0 Å². The highest BCUT2D eigenvalue weighted by Gasteiger charge is 2.26. The maximum absolute atomic E-state index is 12.7. The van der Waals surface area contributed by atoms with E-state index in [4.69, 9.17) is 9.47 Å². The molecule has 0 bridgehead atoms. The molecule has 0 saturated heterocycles. The lowest BCUT2D eigenvalue weighted by Crippen LogP contribution is -2.16. The largest absolute Gasteiger partial charge is 0.471 e. The van der Waals surface area contributed by atoms with Crippen molar-refractivity contribution < 1.29 is 23.9 Å². The van der Waals surface area contributed by atoms with Crippen LogP contribution in [-0.4, -0.2) is 34.0 Å². The van der Waals surface area contributed by atoms with Gasteiger partial charge in [0.25, 0.3) is 5.91 Å². The van der Waals surface area contributed by atoms with Crippen LogP contribution in [0.4, 0.5) is 5.00 Å². The molecule has 0 atom stereocenters. The highest BCUT2D eigenvalue weighted by Crippen LogP contribution is 2.34. The first kappa shape index (κ1) is 21.3. The second kappa shape index (κ2) is 9.36. The predicted molar refractivity (Wildman–Crippen MR) is 112 cm³/mol. The van der Waals surface area contributed by atoms with Gasteiger partial charge < -0.3 is 14.8 Å². The Labute approximate surface area is 177 Å². The number of Topliss-reactive ketones (excluding diaryl/α,β-unsaturated/α-hetero) is 1. The monoisotopic (exact) mass is 427 g/mol. The molecule has 30 heavy (non-hydrogen) atoms. The van der Waals surface area contributed by atoms with Crippen LogP contribution in [0, 0.1) is 6.92 Å². The van der Waals surface area contributed by atoms with Crippen molar-refractivity contribution in [2.24, 2.45) is 0 Å². The van der Waals surface area contributed by atoms with Gasteiger partial charge in [0.1, 0.15) is 10.8 Å². The van der Waals surface area contributed by atoms with Gasteiger partial charge in [0, 0.05) is 6.20 Å². The number of ether oxygens (including phenoxy) is 2. The van der Waals surface area contributed by atoms with Crippen molar-refractivity contribution >= 4 is 34.0 Å². The van der Waals surface area contributed by atoms with Crippen LogP contribution in [0.5, 0.6) is 5.75 Å². The molecule has 3 rings (SSSR count). The molecule has 156 valence electrons. The van der Waals surface area contributed by atoms with E-state index in [-0.39, 0.29) is 35.4 Å². The summed E-state index contributed by atoms with van der Waals surface area (Å²) in [4.78, 5) is 37.3. The van der Waals surface area contributed by atoms with Crippen LogP contribution in [0.25, 0.3) is 0 Å². The summed E-state index contributed by atoms with van der Waals surface area (Å²) in [5.41, 5.74) is 0.826.